The fourth-order valence-corrected chi connectivity index (χ4v) is 2.40. The van der Waals surface area contributed by atoms with Crippen molar-refractivity contribution < 1.29 is 14.6 Å². The zero-order chi connectivity index (χ0) is 14.4. The van der Waals surface area contributed by atoms with Crippen molar-refractivity contribution in [3.05, 3.63) is 30.1 Å². The largest absolute Gasteiger partial charge is 0.396 e. The van der Waals surface area contributed by atoms with E-state index in [9.17, 15) is 9.90 Å². The topological polar surface area (TPSA) is 71.5 Å². The summed E-state index contributed by atoms with van der Waals surface area (Å²) in [6.07, 6.45) is 4.05. The molecule has 0 spiro atoms. The lowest BCUT2D eigenvalue weighted by Crippen LogP contribution is -2.46. The quantitative estimate of drug-likeness (QED) is 0.811. The maximum absolute atomic E-state index is 12.1. The predicted molar refractivity (Wildman–Crippen MR) is 75.1 cm³/mol. The van der Waals surface area contributed by atoms with Gasteiger partial charge in [0.25, 0.3) is 5.91 Å². The van der Waals surface area contributed by atoms with E-state index in [1.54, 1.807) is 6.20 Å². The minimum Gasteiger partial charge on any atom is -0.396 e. The van der Waals surface area contributed by atoms with Crippen LogP contribution in [0.5, 0.6) is 0 Å². The maximum Gasteiger partial charge on any atom is 0.251 e. The average molecular weight is 278 g/mol. The van der Waals surface area contributed by atoms with E-state index in [0.29, 0.717) is 19.6 Å². The number of aliphatic hydroxyl groups excluding tert-OH is 1. The number of nitrogens with zero attached hydrogens (tertiary/aromatic N) is 1. The van der Waals surface area contributed by atoms with E-state index < -0.39 is 5.60 Å². The Labute approximate surface area is 119 Å². The Hall–Kier alpha value is -1.46. The van der Waals surface area contributed by atoms with E-state index in [1.165, 1.54) is 0 Å². The molecule has 1 aromatic heterocycles. The highest BCUT2D eigenvalue weighted by molar-refractivity contribution is 5.84. The van der Waals surface area contributed by atoms with Crippen molar-refractivity contribution >= 4 is 5.91 Å². The van der Waals surface area contributed by atoms with Gasteiger partial charge >= 0.3 is 0 Å². The van der Waals surface area contributed by atoms with E-state index in [-0.39, 0.29) is 18.4 Å². The van der Waals surface area contributed by atoms with Crippen LogP contribution in [0.3, 0.4) is 0 Å². The molecule has 1 aromatic rings. The summed E-state index contributed by atoms with van der Waals surface area (Å²) >= 11 is 0. The van der Waals surface area contributed by atoms with Crippen molar-refractivity contribution in [2.75, 3.05) is 19.8 Å². The number of carbonyl (C=O) groups excluding carboxylic acids is 1. The number of aromatic nitrogens is 1. The second-order valence-corrected chi connectivity index (χ2v) is 5.47. The minimum absolute atomic E-state index is 0.0222. The molecule has 1 aliphatic rings. The molecular weight excluding hydrogens is 256 g/mol. The number of aliphatic hydroxyl groups is 1. The Kier molecular flexibility index (Phi) is 5.09. The first-order valence-electron chi connectivity index (χ1n) is 7.07. The molecular formula is C15H22N2O3. The van der Waals surface area contributed by atoms with E-state index in [1.807, 2.05) is 25.1 Å². The van der Waals surface area contributed by atoms with Crippen LogP contribution < -0.4 is 5.32 Å². The van der Waals surface area contributed by atoms with Crippen molar-refractivity contribution in [3.63, 3.8) is 0 Å². The van der Waals surface area contributed by atoms with Crippen LogP contribution in [0.4, 0.5) is 0 Å². The normalized spacial score (nSPS) is 23.5. The smallest absolute Gasteiger partial charge is 0.251 e. The van der Waals surface area contributed by atoms with Gasteiger partial charge < -0.3 is 15.2 Å². The summed E-state index contributed by atoms with van der Waals surface area (Å²) in [6, 6.07) is 5.70. The van der Waals surface area contributed by atoms with Gasteiger partial charge in [0.1, 0.15) is 5.60 Å². The lowest BCUT2D eigenvalue weighted by Gasteiger charge is -2.23. The first-order chi connectivity index (χ1) is 9.64. The molecule has 1 aliphatic heterocycles. The van der Waals surface area contributed by atoms with Gasteiger partial charge in [-0.15, -0.1) is 0 Å². The number of hydrogen-bond donors (Lipinski definition) is 2. The molecule has 5 nitrogen and oxygen atoms in total. The van der Waals surface area contributed by atoms with Gasteiger partial charge in [-0.3, -0.25) is 9.78 Å². The first kappa shape index (κ1) is 14.9. The monoisotopic (exact) mass is 278 g/mol. The van der Waals surface area contributed by atoms with Gasteiger partial charge in [0.2, 0.25) is 0 Å². The fourth-order valence-electron chi connectivity index (χ4n) is 2.40. The first-order valence-corrected chi connectivity index (χ1v) is 7.07. The van der Waals surface area contributed by atoms with E-state index in [2.05, 4.69) is 10.3 Å². The van der Waals surface area contributed by atoms with Crippen molar-refractivity contribution in [1.82, 2.24) is 10.3 Å². The van der Waals surface area contributed by atoms with Crippen molar-refractivity contribution in [3.8, 4) is 0 Å². The number of rotatable bonds is 6. The summed E-state index contributed by atoms with van der Waals surface area (Å²) in [4.78, 5) is 16.3. The molecule has 2 N–H and O–H groups in total. The number of nitrogens with one attached hydrogen (secondary N) is 1. The molecule has 5 heteroatoms. The molecule has 2 atom stereocenters. The van der Waals surface area contributed by atoms with Crippen LogP contribution in [-0.4, -0.2) is 41.4 Å². The van der Waals surface area contributed by atoms with Crippen molar-refractivity contribution in [2.24, 2.45) is 5.92 Å². The zero-order valence-corrected chi connectivity index (χ0v) is 11.8. The van der Waals surface area contributed by atoms with Gasteiger partial charge in [-0.2, -0.15) is 0 Å². The highest BCUT2D eigenvalue weighted by Gasteiger charge is 2.37. The third-order valence-corrected chi connectivity index (χ3v) is 3.73. The second kappa shape index (κ2) is 6.81. The molecule has 2 rings (SSSR count). The van der Waals surface area contributed by atoms with Crippen LogP contribution in [0.2, 0.25) is 0 Å². The van der Waals surface area contributed by atoms with E-state index >= 15 is 0 Å². The van der Waals surface area contributed by atoms with Crippen LogP contribution >= 0.6 is 0 Å². The molecule has 2 heterocycles. The number of carbonyl (C=O) groups is 1. The molecule has 0 saturated carbocycles. The minimum atomic E-state index is -0.703. The lowest BCUT2D eigenvalue weighted by atomic mass is 10.00. The summed E-state index contributed by atoms with van der Waals surface area (Å²) in [5, 5.41) is 12.3. The summed E-state index contributed by atoms with van der Waals surface area (Å²) in [6.45, 7) is 2.92. The Morgan fingerprint density at radius 2 is 2.45 bits per heavy atom. The summed E-state index contributed by atoms with van der Waals surface area (Å²) in [7, 11) is 0. The maximum atomic E-state index is 12.1. The van der Waals surface area contributed by atoms with Crippen LogP contribution in [0.15, 0.2) is 24.4 Å². The van der Waals surface area contributed by atoms with E-state index in [0.717, 1.165) is 18.5 Å². The van der Waals surface area contributed by atoms with Gasteiger partial charge in [-0.25, -0.2) is 0 Å². The van der Waals surface area contributed by atoms with Crippen LogP contribution in [-0.2, 0) is 16.0 Å². The molecule has 110 valence electrons. The summed E-state index contributed by atoms with van der Waals surface area (Å²) in [5.41, 5.74) is 0.217. The molecule has 1 amide bonds. The number of pyridine rings is 1. The van der Waals surface area contributed by atoms with Crippen LogP contribution in [0.1, 0.15) is 25.5 Å². The fraction of sp³-hybridized carbons (Fsp3) is 0.600. The van der Waals surface area contributed by atoms with Gasteiger partial charge in [0.15, 0.2) is 0 Å². The molecule has 20 heavy (non-hydrogen) atoms. The Bertz CT molecular complexity index is 430. The van der Waals surface area contributed by atoms with Crippen LogP contribution in [0.25, 0.3) is 0 Å². The van der Waals surface area contributed by atoms with Gasteiger partial charge in [0, 0.05) is 37.6 Å². The molecule has 1 saturated heterocycles. The average Bonchev–Trinajstić information content (AvgIpc) is 2.92. The SMILES string of the molecule is CC1(C(=O)NCC(CO)Cc2ccccn2)CCCO1. The Morgan fingerprint density at radius 3 is 3.05 bits per heavy atom. The molecule has 0 bridgehead atoms. The highest BCUT2D eigenvalue weighted by atomic mass is 16.5. The lowest BCUT2D eigenvalue weighted by molar-refractivity contribution is -0.139. The van der Waals surface area contributed by atoms with Crippen molar-refractivity contribution in [1.29, 1.82) is 0 Å². The Balaban J connectivity index is 1.83. The zero-order valence-electron chi connectivity index (χ0n) is 11.8. The number of ether oxygens (including phenoxy) is 1. The van der Waals surface area contributed by atoms with Gasteiger partial charge in [0.05, 0.1) is 0 Å². The predicted octanol–water partition coefficient (Wildman–Crippen LogP) is 0.918. The molecule has 0 radical (unpaired) electrons. The second-order valence-electron chi connectivity index (χ2n) is 5.47. The standard InChI is InChI=1S/C15H22N2O3/c1-15(6-4-8-20-15)14(19)17-10-12(11-18)9-13-5-2-3-7-16-13/h2-3,5,7,12,18H,4,6,8-11H2,1H3,(H,17,19). The molecule has 0 aromatic carbocycles. The van der Waals surface area contributed by atoms with Crippen molar-refractivity contribution in [2.45, 2.75) is 31.8 Å². The molecule has 0 aliphatic carbocycles. The third-order valence-electron chi connectivity index (χ3n) is 3.73. The van der Waals surface area contributed by atoms with Gasteiger partial charge in [-0.1, -0.05) is 6.07 Å². The van der Waals surface area contributed by atoms with Gasteiger partial charge in [-0.05, 0) is 38.3 Å². The van der Waals surface area contributed by atoms with Crippen LogP contribution in [0, 0.1) is 5.92 Å². The highest BCUT2D eigenvalue weighted by Crippen LogP contribution is 2.25. The molecule has 1 fully saturated rings. The Morgan fingerprint density at radius 1 is 1.60 bits per heavy atom. The summed E-state index contributed by atoms with van der Waals surface area (Å²) in [5.74, 6) is -0.117. The number of hydrogen-bond acceptors (Lipinski definition) is 4. The van der Waals surface area contributed by atoms with E-state index in [4.69, 9.17) is 4.74 Å². The summed E-state index contributed by atoms with van der Waals surface area (Å²) < 4.78 is 5.50. The molecule has 2 unspecified atom stereocenters. The third kappa shape index (κ3) is 3.77. The number of amides is 1.